The molecular formula is C26H39NO6SSi. The number of rotatable bonds is 8. The van der Waals surface area contributed by atoms with Gasteiger partial charge in [-0.15, -0.1) is 6.58 Å². The standard InChI is InChI=1S/C26H39NO6SSi/c1-10-20-17(3)22-21(18(4)33-35(8,9)25(5,6)7)23(28)27(22)26(20,24(29)32-11-2)34(30,31)19-15-13-12-14-16-19/h10,12-18,20-22H,1,11H2,2-9H3/t17-,18+,20?,21+,22+,26?/m0/s1. The molecule has 2 aliphatic heterocycles. The maximum atomic E-state index is 14.2. The fourth-order valence-corrected chi connectivity index (χ4v) is 9.17. The van der Waals surface area contributed by atoms with E-state index in [2.05, 4.69) is 40.4 Å². The molecule has 194 valence electrons. The second-order valence-electron chi connectivity index (χ2n) is 11.2. The molecule has 2 unspecified atom stereocenters. The van der Waals surface area contributed by atoms with Crippen molar-refractivity contribution in [3.63, 3.8) is 0 Å². The monoisotopic (exact) mass is 521 g/mol. The van der Waals surface area contributed by atoms with Crippen LogP contribution in [0.25, 0.3) is 0 Å². The van der Waals surface area contributed by atoms with E-state index in [0.717, 1.165) is 0 Å². The highest BCUT2D eigenvalue weighted by Gasteiger charge is 2.77. The van der Waals surface area contributed by atoms with Gasteiger partial charge in [0.1, 0.15) is 0 Å². The number of hydrogen-bond acceptors (Lipinski definition) is 6. The van der Waals surface area contributed by atoms with E-state index in [9.17, 15) is 18.0 Å². The van der Waals surface area contributed by atoms with Crippen LogP contribution in [-0.4, -0.2) is 57.1 Å². The molecule has 1 amide bonds. The number of nitrogens with zero attached hydrogens (tertiary/aromatic N) is 1. The molecule has 2 heterocycles. The van der Waals surface area contributed by atoms with Gasteiger partial charge in [-0.2, -0.15) is 0 Å². The van der Waals surface area contributed by atoms with E-state index in [1.54, 1.807) is 25.1 Å². The molecule has 2 saturated heterocycles. The number of carbonyl (C=O) groups excluding carboxylic acids is 2. The first-order valence-electron chi connectivity index (χ1n) is 12.2. The zero-order valence-corrected chi connectivity index (χ0v) is 23.9. The lowest BCUT2D eigenvalue weighted by Crippen LogP contribution is -2.73. The lowest BCUT2D eigenvalue weighted by Gasteiger charge is -2.53. The van der Waals surface area contributed by atoms with Crippen molar-refractivity contribution in [3.05, 3.63) is 43.0 Å². The SMILES string of the molecule is C=CC1[C@H](C)[C@@H]2[C@@H]([C@@H](C)O[Si](C)(C)C(C)(C)C)C(=O)N2C1(C(=O)OCC)S(=O)(=O)c1ccccc1. The third-order valence-electron chi connectivity index (χ3n) is 8.18. The number of β-lactam (4-membered cyclic amide) rings is 1. The smallest absolute Gasteiger partial charge is 0.349 e. The van der Waals surface area contributed by atoms with Crippen molar-refractivity contribution in [1.29, 1.82) is 0 Å². The molecular weight excluding hydrogens is 482 g/mol. The van der Waals surface area contributed by atoms with Crippen LogP contribution in [0, 0.1) is 17.8 Å². The zero-order valence-electron chi connectivity index (χ0n) is 22.1. The average molecular weight is 522 g/mol. The van der Waals surface area contributed by atoms with Crippen LogP contribution < -0.4 is 0 Å². The van der Waals surface area contributed by atoms with Crippen molar-refractivity contribution in [3.8, 4) is 0 Å². The van der Waals surface area contributed by atoms with E-state index in [1.165, 1.54) is 23.1 Å². The van der Waals surface area contributed by atoms with Gasteiger partial charge in [-0.25, -0.2) is 13.2 Å². The summed E-state index contributed by atoms with van der Waals surface area (Å²) in [5.41, 5.74) is 0. The van der Waals surface area contributed by atoms with Crippen LogP contribution in [-0.2, 0) is 28.6 Å². The number of carbonyl (C=O) groups is 2. The first-order valence-corrected chi connectivity index (χ1v) is 16.6. The molecule has 3 rings (SSSR count). The maximum Gasteiger partial charge on any atom is 0.349 e. The molecule has 1 aromatic carbocycles. The van der Waals surface area contributed by atoms with Gasteiger partial charge in [0.25, 0.3) is 4.87 Å². The van der Waals surface area contributed by atoms with Crippen molar-refractivity contribution in [2.45, 2.75) is 81.6 Å². The highest BCUT2D eigenvalue weighted by molar-refractivity contribution is 7.93. The van der Waals surface area contributed by atoms with Crippen LogP contribution >= 0.6 is 0 Å². The Morgan fingerprint density at radius 2 is 1.83 bits per heavy atom. The van der Waals surface area contributed by atoms with E-state index < -0.39 is 58.9 Å². The first-order chi connectivity index (χ1) is 16.1. The van der Waals surface area contributed by atoms with Crippen LogP contribution in [0.15, 0.2) is 47.9 Å². The Labute approximate surface area is 210 Å². The summed E-state index contributed by atoms with van der Waals surface area (Å²) in [6.45, 7) is 19.9. The van der Waals surface area contributed by atoms with Gasteiger partial charge in [0, 0.05) is 5.92 Å². The van der Waals surface area contributed by atoms with Gasteiger partial charge in [0.05, 0.1) is 29.6 Å². The summed E-state index contributed by atoms with van der Waals surface area (Å²) in [4.78, 5) is 26.4. The minimum absolute atomic E-state index is 0.00977. The molecule has 0 aromatic heterocycles. The quantitative estimate of drug-likeness (QED) is 0.218. The molecule has 0 spiro atoms. The molecule has 6 atom stereocenters. The van der Waals surface area contributed by atoms with Gasteiger partial charge in [-0.05, 0) is 50.0 Å². The molecule has 1 aromatic rings. The lowest BCUT2D eigenvalue weighted by molar-refractivity contribution is -0.175. The van der Waals surface area contributed by atoms with Crippen LogP contribution in [0.4, 0.5) is 0 Å². The molecule has 0 N–H and O–H groups in total. The summed E-state index contributed by atoms with van der Waals surface area (Å²) in [5.74, 6) is -3.07. The predicted octanol–water partition coefficient (Wildman–Crippen LogP) is 4.41. The number of ether oxygens (including phenoxy) is 1. The topological polar surface area (TPSA) is 90.0 Å². The van der Waals surface area contributed by atoms with Gasteiger partial charge in [-0.1, -0.05) is 52.0 Å². The largest absolute Gasteiger partial charge is 0.463 e. The van der Waals surface area contributed by atoms with Gasteiger partial charge in [0.2, 0.25) is 15.7 Å². The lowest BCUT2D eigenvalue weighted by atomic mass is 9.77. The molecule has 7 nitrogen and oxygen atoms in total. The number of amides is 1. The van der Waals surface area contributed by atoms with Gasteiger partial charge < -0.3 is 14.1 Å². The Bertz CT molecular complexity index is 1100. The molecule has 0 radical (unpaired) electrons. The Hall–Kier alpha value is -1.97. The van der Waals surface area contributed by atoms with Crippen LogP contribution in [0.2, 0.25) is 18.1 Å². The Kier molecular flexibility index (Phi) is 7.22. The van der Waals surface area contributed by atoms with Crippen LogP contribution in [0.3, 0.4) is 0 Å². The van der Waals surface area contributed by atoms with Crippen molar-refractivity contribution >= 4 is 30.0 Å². The van der Waals surface area contributed by atoms with Crippen molar-refractivity contribution in [2.75, 3.05) is 6.61 Å². The van der Waals surface area contributed by atoms with Crippen LogP contribution in [0.5, 0.6) is 0 Å². The highest BCUT2D eigenvalue weighted by Crippen LogP contribution is 2.58. The third-order valence-corrected chi connectivity index (χ3v) is 15.1. The number of fused-ring (bicyclic) bond motifs is 1. The molecule has 0 aliphatic carbocycles. The van der Waals surface area contributed by atoms with Gasteiger partial charge in [0.15, 0.2) is 8.32 Å². The minimum atomic E-state index is -4.36. The summed E-state index contributed by atoms with van der Waals surface area (Å²) in [5, 5.41) is -0.0516. The zero-order chi connectivity index (χ0) is 26.6. The fourth-order valence-electron chi connectivity index (χ4n) is 5.44. The summed E-state index contributed by atoms with van der Waals surface area (Å²) < 4.78 is 40.3. The fraction of sp³-hybridized carbons (Fsp3) is 0.615. The third kappa shape index (κ3) is 3.90. The molecule has 2 aliphatic rings. The average Bonchev–Trinajstić information content (AvgIpc) is 2.99. The van der Waals surface area contributed by atoms with Gasteiger partial charge >= 0.3 is 5.97 Å². The van der Waals surface area contributed by atoms with E-state index in [1.807, 2.05) is 13.8 Å². The first kappa shape index (κ1) is 27.6. The summed E-state index contributed by atoms with van der Waals surface area (Å²) in [6, 6.07) is 7.29. The van der Waals surface area contributed by atoms with E-state index in [4.69, 9.17) is 9.16 Å². The van der Waals surface area contributed by atoms with E-state index in [-0.39, 0.29) is 22.5 Å². The summed E-state index contributed by atoms with van der Waals surface area (Å²) in [6.07, 6.45) is 1.07. The maximum absolute atomic E-state index is 14.2. The van der Waals surface area contributed by atoms with Crippen molar-refractivity contribution in [1.82, 2.24) is 4.90 Å². The number of hydrogen-bond donors (Lipinski definition) is 0. The van der Waals surface area contributed by atoms with Crippen molar-refractivity contribution in [2.24, 2.45) is 17.8 Å². The molecule has 0 bridgehead atoms. The predicted molar refractivity (Wildman–Crippen MR) is 138 cm³/mol. The summed E-state index contributed by atoms with van der Waals surface area (Å²) in [7, 11) is -6.55. The molecule has 2 fully saturated rings. The summed E-state index contributed by atoms with van der Waals surface area (Å²) >= 11 is 0. The van der Waals surface area contributed by atoms with E-state index in [0.29, 0.717) is 0 Å². The second kappa shape index (κ2) is 9.16. The minimum Gasteiger partial charge on any atom is -0.463 e. The molecule has 35 heavy (non-hydrogen) atoms. The Balaban J connectivity index is 2.14. The van der Waals surface area contributed by atoms with Gasteiger partial charge in [-0.3, -0.25) is 4.79 Å². The number of esters is 1. The molecule has 0 saturated carbocycles. The Morgan fingerprint density at radius 1 is 1.26 bits per heavy atom. The number of benzene rings is 1. The van der Waals surface area contributed by atoms with Crippen LogP contribution in [0.1, 0.15) is 41.5 Å². The number of sulfone groups is 1. The second-order valence-corrected chi connectivity index (χ2v) is 18.0. The Morgan fingerprint density at radius 3 is 2.31 bits per heavy atom. The van der Waals surface area contributed by atoms with Crippen molar-refractivity contribution < 1.29 is 27.2 Å². The molecule has 9 heteroatoms. The normalized spacial score (nSPS) is 29.8. The highest BCUT2D eigenvalue weighted by atomic mass is 32.2. The van der Waals surface area contributed by atoms with E-state index >= 15 is 0 Å².